The molecule has 2 aliphatic rings. The van der Waals surface area contributed by atoms with E-state index in [1.54, 1.807) is 17.5 Å². The highest BCUT2D eigenvalue weighted by Gasteiger charge is 2.39. The second-order valence-electron chi connectivity index (χ2n) is 9.34. The van der Waals surface area contributed by atoms with Gasteiger partial charge in [0.25, 0.3) is 0 Å². The van der Waals surface area contributed by atoms with Gasteiger partial charge < -0.3 is 20.6 Å². The van der Waals surface area contributed by atoms with E-state index in [0.717, 1.165) is 44.3 Å². The minimum absolute atomic E-state index is 0.159. The van der Waals surface area contributed by atoms with Gasteiger partial charge in [-0.1, -0.05) is 17.4 Å². The van der Waals surface area contributed by atoms with Crippen molar-refractivity contribution in [2.75, 3.05) is 30.3 Å². The van der Waals surface area contributed by atoms with Crippen LogP contribution in [0.2, 0.25) is 0 Å². The molecule has 2 saturated heterocycles. The summed E-state index contributed by atoms with van der Waals surface area (Å²) in [5, 5.41) is 12.8. The number of amides is 1. The number of nitrogens with two attached hydrogens (primary N) is 1. The summed E-state index contributed by atoms with van der Waals surface area (Å²) in [7, 11) is 0. The monoisotopic (exact) mass is 526 g/mol. The van der Waals surface area contributed by atoms with E-state index in [9.17, 15) is 14.7 Å². The van der Waals surface area contributed by atoms with Gasteiger partial charge >= 0.3 is 5.97 Å². The largest absolute Gasteiger partial charge is 0.480 e. The van der Waals surface area contributed by atoms with E-state index in [0.29, 0.717) is 31.6 Å². The lowest BCUT2D eigenvalue weighted by Crippen LogP contribution is -2.45. The van der Waals surface area contributed by atoms with Crippen LogP contribution in [0.5, 0.6) is 0 Å². The van der Waals surface area contributed by atoms with E-state index in [1.807, 2.05) is 31.3 Å². The number of nitrogen functional groups attached to an aromatic ring is 1. The topological polar surface area (TPSA) is 125 Å². The molecule has 5 rings (SSSR count). The number of nitrogens with one attached hydrogen (secondary N) is 1. The van der Waals surface area contributed by atoms with Gasteiger partial charge in [0.2, 0.25) is 5.91 Å². The Hall–Kier alpha value is -2.89. The van der Waals surface area contributed by atoms with Gasteiger partial charge in [0.05, 0.1) is 16.4 Å². The Morgan fingerprint density at radius 1 is 1.31 bits per heavy atom. The van der Waals surface area contributed by atoms with Crippen molar-refractivity contribution in [3.63, 3.8) is 0 Å². The first-order chi connectivity index (χ1) is 17.4. The molecule has 3 aromatic rings. The van der Waals surface area contributed by atoms with E-state index < -0.39 is 18.1 Å². The number of nitrogens with zero attached hydrogens (tertiary/aromatic N) is 4. The van der Waals surface area contributed by atoms with Crippen LogP contribution in [0, 0.1) is 6.92 Å². The van der Waals surface area contributed by atoms with Gasteiger partial charge in [0, 0.05) is 31.2 Å². The number of pyridine rings is 1. The first-order valence-corrected chi connectivity index (χ1v) is 13.8. The van der Waals surface area contributed by atoms with Crippen molar-refractivity contribution in [2.24, 2.45) is 0 Å². The Morgan fingerprint density at radius 3 is 2.89 bits per heavy atom. The highest BCUT2D eigenvalue weighted by atomic mass is 32.2. The number of hydrogen-bond acceptors (Lipinski definition) is 9. The fourth-order valence-corrected chi connectivity index (χ4v) is 6.80. The number of aryl methyl sites for hydroxylation is 2. The third kappa shape index (κ3) is 5.14. The Morgan fingerprint density at radius 2 is 2.11 bits per heavy atom. The molecule has 1 unspecified atom stereocenters. The molecule has 0 radical (unpaired) electrons. The summed E-state index contributed by atoms with van der Waals surface area (Å²) in [6.45, 7) is 4.50. The molecule has 1 amide bonds. The highest BCUT2D eigenvalue weighted by Crippen LogP contribution is 2.32. The minimum atomic E-state index is -0.971. The summed E-state index contributed by atoms with van der Waals surface area (Å²) in [4.78, 5) is 37.7. The van der Waals surface area contributed by atoms with Crippen LogP contribution in [0.15, 0.2) is 34.8 Å². The summed E-state index contributed by atoms with van der Waals surface area (Å²) in [5.74, 6) is -0.648. The summed E-state index contributed by atoms with van der Waals surface area (Å²) < 4.78 is 4.25. The van der Waals surface area contributed by atoms with Crippen LogP contribution < -0.4 is 15.4 Å². The van der Waals surface area contributed by atoms with Crippen LogP contribution in [-0.2, 0) is 16.0 Å². The SMILES string of the molecule is Cc1cc2c(N)nccc2cc1CCC(C(=O)O)N1CC[C@H](NSc2cnc(N3CCCC3)s2)C1=O. The average Bonchev–Trinajstić information content (AvgIpc) is 3.61. The number of anilines is 2. The maximum absolute atomic E-state index is 13.1. The maximum Gasteiger partial charge on any atom is 0.326 e. The summed E-state index contributed by atoms with van der Waals surface area (Å²) in [5.41, 5.74) is 8.08. The molecule has 4 heterocycles. The second kappa shape index (κ2) is 10.6. The number of rotatable bonds is 9. The minimum Gasteiger partial charge on any atom is -0.480 e. The molecule has 0 bridgehead atoms. The highest BCUT2D eigenvalue weighted by molar-refractivity contribution is 7.99. The van der Waals surface area contributed by atoms with Crippen molar-refractivity contribution >= 4 is 56.9 Å². The molecule has 0 aliphatic carbocycles. The molecule has 190 valence electrons. The first kappa shape index (κ1) is 24.8. The number of fused-ring (bicyclic) bond motifs is 1. The molecule has 0 saturated carbocycles. The number of likely N-dealkylation sites (tertiary alicyclic amines) is 1. The van der Waals surface area contributed by atoms with Crippen LogP contribution in [-0.4, -0.2) is 63.6 Å². The summed E-state index contributed by atoms with van der Waals surface area (Å²) in [6, 6.07) is 4.66. The third-order valence-corrected chi connectivity index (χ3v) is 9.05. The van der Waals surface area contributed by atoms with Gasteiger partial charge in [-0.15, -0.1) is 0 Å². The van der Waals surface area contributed by atoms with Crippen molar-refractivity contribution in [1.29, 1.82) is 0 Å². The average molecular weight is 527 g/mol. The molecule has 11 heteroatoms. The predicted molar refractivity (Wildman–Crippen MR) is 143 cm³/mol. The molecular weight excluding hydrogens is 496 g/mol. The quantitative estimate of drug-likeness (QED) is 0.360. The van der Waals surface area contributed by atoms with Gasteiger partial charge in [-0.25, -0.2) is 19.5 Å². The van der Waals surface area contributed by atoms with E-state index in [-0.39, 0.29) is 5.91 Å². The lowest BCUT2D eigenvalue weighted by Gasteiger charge is -2.25. The molecule has 2 atom stereocenters. The first-order valence-electron chi connectivity index (χ1n) is 12.2. The summed E-state index contributed by atoms with van der Waals surface area (Å²) >= 11 is 3.03. The van der Waals surface area contributed by atoms with Crippen LogP contribution in [0.3, 0.4) is 0 Å². The predicted octanol–water partition coefficient (Wildman–Crippen LogP) is 3.47. The number of carboxylic acid groups (broad SMARTS) is 1. The fourth-order valence-electron chi connectivity index (χ4n) is 4.98. The molecule has 2 fully saturated rings. The number of aliphatic carboxylic acids is 1. The number of hydrogen-bond donors (Lipinski definition) is 3. The Balaban J connectivity index is 1.20. The van der Waals surface area contributed by atoms with Crippen molar-refractivity contribution < 1.29 is 14.7 Å². The number of benzene rings is 1. The standard InChI is InChI=1S/C25H30N6O3S2/c1-15-12-18-17(6-8-27-22(18)26)13-16(15)4-5-20(24(33)34)31-11-7-19(23(31)32)29-36-21-14-28-25(35-21)30-9-2-3-10-30/h6,8,12-14,19-20,29H,2-5,7,9-11H2,1H3,(H2,26,27)(H,33,34)/t19-,20?/m0/s1. The molecule has 0 spiro atoms. The van der Waals surface area contributed by atoms with E-state index in [2.05, 4.69) is 19.6 Å². The Kier molecular flexibility index (Phi) is 7.31. The zero-order chi connectivity index (χ0) is 25.2. The van der Waals surface area contributed by atoms with Crippen LogP contribution in [0.4, 0.5) is 10.9 Å². The lowest BCUT2D eigenvalue weighted by atomic mass is 9.97. The van der Waals surface area contributed by atoms with E-state index in [1.165, 1.54) is 29.7 Å². The number of carboxylic acids is 1. The number of aromatic nitrogens is 2. The Labute approximate surface area is 218 Å². The van der Waals surface area contributed by atoms with Gasteiger partial charge in [0.1, 0.15) is 11.9 Å². The van der Waals surface area contributed by atoms with E-state index in [4.69, 9.17) is 5.73 Å². The Bertz CT molecular complexity index is 1280. The van der Waals surface area contributed by atoms with Crippen molar-refractivity contribution in [1.82, 2.24) is 19.6 Å². The van der Waals surface area contributed by atoms with Gasteiger partial charge in [0.15, 0.2) is 5.13 Å². The van der Waals surface area contributed by atoms with Crippen molar-refractivity contribution in [3.8, 4) is 0 Å². The number of carbonyl (C=O) groups is 2. The summed E-state index contributed by atoms with van der Waals surface area (Å²) in [6.07, 6.45) is 7.38. The lowest BCUT2D eigenvalue weighted by molar-refractivity contribution is -0.148. The van der Waals surface area contributed by atoms with Crippen molar-refractivity contribution in [2.45, 2.75) is 55.3 Å². The second-order valence-corrected chi connectivity index (χ2v) is 11.5. The smallest absolute Gasteiger partial charge is 0.326 e. The zero-order valence-corrected chi connectivity index (χ0v) is 21.8. The normalized spacial score (nSPS) is 18.9. The molecule has 36 heavy (non-hydrogen) atoms. The zero-order valence-electron chi connectivity index (χ0n) is 20.1. The molecule has 9 nitrogen and oxygen atoms in total. The molecule has 2 aromatic heterocycles. The molecule has 1 aromatic carbocycles. The third-order valence-electron chi connectivity index (χ3n) is 6.99. The van der Waals surface area contributed by atoms with Crippen LogP contribution >= 0.6 is 23.3 Å². The maximum atomic E-state index is 13.1. The molecule has 2 aliphatic heterocycles. The molecule has 4 N–H and O–H groups in total. The van der Waals surface area contributed by atoms with Gasteiger partial charge in [-0.2, -0.15) is 0 Å². The van der Waals surface area contributed by atoms with E-state index >= 15 is 0 Å². The fraction of sp³-hybridized carbons (Fsp3) is 0.440. The number of carbonyl (C=O) groups excluding carboxylic acids is 1. The van der Waals surface area contributed by atoms with Gasteiger partial charge in [-0.05, 0) is 79.6 Å². The van der Waals surface area contributed by atoms with Crippen LogP contribution in [0.1, 0.15) is 36.8 Å². The molecular formula is C25H30N6O3S2. The van der Waals surface area contributed by atoms with Crippen molar-refractivity contribution in [3.05, 3.63) is 41.7 Å². The van der Waals surface area contributed by atoms with Crippen LogP contribution in [0.25, 0.3) is 10.8 Å². The van der Waals surface area contributed by atoms with Gasteiger partial charge in [-0.3, -0.25) is 4.79 Å². The number of thiazole rings is 1.